The summed E-state index contributed by atoms with van der Waals surface area (Å²) in [6.07, 6.45) is 0.714. The molecule has 0 heterocycles. The molecule has 0 aromatic carbocycles. The maximum atomic E-state index is 11.5. The molecule has 0 spiro atoms. The molecule has 1 unspecified atom stereocenters. The molecule has 0 aromatic heterocycles. The summed E-state index contributed by atoms with van der Waals surface area (Å²) in [5.41, 5.74) is 5.42. The molecule has 0 aliphatic carbocycles. The number of carboxylic acid groups (broad SMARTS) is 1. The molecule has 0 saturated heterocycles. The molecule has 0 fully saturated rings. The summed E-state index contributed by atoms with van der Waals surface area (Å²) in [5.74, 6) is -1.33. The van der Waals surface area contributed by atoms with E-state index < -0.39 is 12.0 Å². The predicted molar refractivity (Wildman–Crippen MR) is 52.8 cm³/mol. The van der Waals surface area contributed by atoms with Gasteiger partial charge in [0.05, 0.1) is 6.04 Å². The maximum Gasteiger partial charge on any atom is 0.323 e. The highest BCUT2D eigenvalue weighted by atomic mass is 16.4. The SMILES string of the molecule is CCC(C)N(CC(=O)O)C(=O)[C@@H](C)N. The van der Waals surface area contributed by atoms with E-state index in [4.69, 9.17) is 10.8 Å². The van der Waals surface area contributed by atoms with Crippen LogP contribution in [0.25, 0.3) is 0 Å². The number of amides is 1. The summed E-state index contributed by atoms with van der Waals surface area (Å²) in [4.78, 5) is 23.3. The van der Waals surface area contributed by atoms with Gasteiger partial charge >= 0.3 is 5.97 Å². The lowest BCUT2D eigenvalue weighted by Gasteiger charge is -2.28. The fourth-order valence-electron chi connectivity index (χ4n) is 1.08. The zero-order valence-electron chi connectivity index (χ0n) is 8.86. The predicted octanol–water partition coefficient (Wildman–Crippen LogP) is 0.0453. The third-order valence-corrected chi connectivity index (χ3v) is 2.10. The minimum Gasteiger partial charge on any atom is -0.480 e. The third-order valence-electron chi connectivity index (χ3n) is 2.10. The first kappa shape index (κ1) is 12.9. The van der Waals surface area contributed by atoms with Gasteiger partial charge in [-0.3, -0.25) is 9.59 Å². The lowest BCUT2D eigenvalue weighted by molar-refractivity contribution is -0.146. The number of carbonyl (C=O) groups excluding carboxylic acids is 1. The molecule has 5 nitrogen and oxygen atoms in total. The van der Waals surface area contributed by atoms with Gasteiger partial charge in [-0.1, -0.05) is 6.92 Å². The van der Waals surface area contributed by atoms with Gasteiger partial charge in [0.1, 0.15) is 6.54 Å². The van der Waals surface area contributed by atoms with Gasteiger partial charge in [-0.2, -0.15) is 0 Å². The fourth-order valence-corrected chi connectivity index (χ4v) is 1.08. The molecule has 0 aliphatic heterocycles. The van der Waals surface area contributed by atoms with E-state index in [1.165, 1.54) is 4.90 Å². The van der Waals surface area contributed by atoms with Crippen LogP contribution in [-0.4, -0.2) is 40.5 Å². The molecule has 0 saturated carbocycles. The van der Waals surface area contributed by atoms with Crippen molar-refractivity contribution < 1.29 is 14.7 Å². The van der Waals surface area contributed by atoms with Gasteiger partial charge in [0.15, 0.2) is 0 Å². The van der Waals surface area contributed by atoms with Crippen molar-refractivity contribution in [2.45, 2.75) is 39.3 Å². The Morgan fingerprint density at radius 3 is 2.21 bits per heavy atom. The Morgan fingerprint density at radius 2 is 1.93 bits per heavy atom. The zero-order valence-corrected chi connectivity index (χ0v) is 8.86. The van der Waals surface area contributed by atoms with E-state index >= 15 is 0 Å². The molecular formula is C9H18N2O3. The first-order valence-corrected chi connectivity index (χ1v) is 4.68. The van der Waals surface area contributed by atoms with Crippen LogP contribution in [0, 0.1) is 0 Å². The normalized spacial score (nSPS) is 14.6. The second-order valence-corrected chi connectivity index (χ2v) is 3.41. The van der Waals surface area contributed by atoms with Crippen molar-refractivity contribution in [1.82, 2.24) is 4.90 Å². The van der Waals surface area contributed by atoms with E-state index in [0.29, 0.717) is 6.42 Å². The molecular weight excluding hydrogens is 184 g/mol. The second-order valence-electron chi connectivity index (χ2n) is 3.41. The number of carbonyl (C=O) groups is 2. The molecule has 0 aliphatic rings. The molecule has 0 bridgehead atoms. The Morgan fingerprint density at radius 1 is 1.43 bits per heavy atom. The maximum absolute atomic E-state index is 11.5. The quantitative estimate of drug-likeness (QED) is 0.659. The highest BCUT2D eigenvalue weighted by Crippen LogP contribution is 2.05. The number of nitrogens with zero attached hydrogens (tertiary/aromatic N) is 1. The van der Waals surface area contributed by atoms with Crippen LogP contribution in [0.2, 0.25) is 0 Å². The third kappa shape index (κ3) is 3.74. The number of hydrogen-bond acceptors (Lipinski definition) is 3. The van der Waals surface area contributed by atoms with Crippen molar-refractivity contribution in [1.29, 1.82) is 0 Å². The largest absolute Gasteiger partial charge is 0.480 e. The molecule has 1 amide bonds. The summed E-state index contributed by atoms with van der Waals surface area (Å²) >= 11 is 0. The van der Waals surface area contributed by atoms with Gasteiger partial charge in [0.2, 0.25) is 5.91 Å². The number of hydrogen-bond donors (Lipinski definition) is 2. The Bertz CT molecular complexity index is 216. The molecule has 0 aromatic rings. The van der Waals surface area contributed by atoms with Crippen molar-refractivity contribution in [3.05, 3.63) is 0 Å². The van der Waals surface area contributed by atoms with Crippen LogP contribution in [0.1, 0.15) is 27.2 Å². The highest BCUT2D eigenvalue weighted by molar-refractivity contribution is 5.85. The van der Waals surface area contributed by atoms with Gasteiger partial charge in [-0.15, -0.1) is 0 Å². The fraction of sp³-hybridized carbons (Fsp3) is 0.778. The molecule has 0 rings (SSSR count). The lowest BCUT2D eigenvalue weighted by atomic mass is 10.2. The number of carboxylic acids is 1. The van der Waals surface area contributed by atoms with Gasteiger partial charge in [-0.05, 0) is 20.3 Å². The molecule has 5 heteroatoms. The van der Waals surface area contributed by atoms with Crippen molar-refractivity contribution in [3.63, 3.8) is 0 Å². The molecule has 3 N–H and O–H groups in total. The van der Waals surface area contributed by atoms with Crippen LogP contribution in [0.5, 0.6) is 0 Å². The first-order valence-electron chi connectivity index (χ1n) is 4.68. The van der Waals surface area contributed by atoms with Crippen molar-refractivity contribution in [2.24, 2.45) is 5.73 Å². The van der Waals surface area contributed by atoms with E-state index in [1.54, 1.807) is 6.92 Å². The van der Waals surface area contributed by atoms with Crippen LogP contribution in [0.3, 0.4) is 0 Å². The van der Waals surface area contributed by atoms with Crippen LogP contribution in [0.15, 0.2) is 0 Å². The van der Waals surface area contributed by atoms with E-state index in [9.17, 15) is 9.59 Å². The van der Waals surface area contributed by atoms with Crippen molar-refractivity contribution in [2.75, 3.05) is 6.54 Å². The zero-order chi connectivity index (χ0) is 11.3. The Balaban J connectivity index is 4.54. The Labute approximate surface area is 83.9 Å². The Hall–Kier alpha value is -1.10. The first-order chi connectivity index (χ1) is 6.40. The molecule has 82 valence electrons. The average molecular weight is 202 g/mol. The number of nitrogens with two attached hydrogens (primary N) is 1. The van der Waals surface area contributed by atoms with Crippen LogP contribution in [-0.2, 0) is 9.59 Å². The Kier molecular flexibility index (Phi) is 5.15. The average Bonchev–Trinajstić information content (AvgIpc) is 2.11. The van der Waals surface area contributed by atoms with Gasteiger partial charge < -0.3 is 15.7 Å². The van der Waals surface area contributed by atoms with Crippen molar-refractivity contribution >= 4 is 11.9 Å². The van der Waals surface area contributed by atoms with E-state index in [1.807, 2.05) is 13.8 Å². The van der Waals surface area contributed by atoms with Gasteiger partial charge in [0, 0.05) is 6.04 Å². The molecule has 14 heavy (non-hydrogen) atoms. The van der Waals surface area contributed by atoms with E-state index in [0.717, 1.165) is 0 Å². The number of aliphatic carboxylic acids is 1. The summed E-state index contributed by atoms with van der Waals surface area (Å²) in [7, 11) is 0. The van der Waals surface area contributed by atoms with Crippen molar-refractivity contribution in [3.8, 4) is 0 Å². The summed E-state index contributed by atoms with van der Waals surface area (Å²) < 4.78 is 0. The summed E-state index contributed by atoms with van der Waals surface area (Å²) in [6, 6.07) is -0.743. The van der Waals surface area contributed by atoms with Crippen LogP contribution >= 0.6 is 0 Å². The standard InChI is InChI=1S/C9H18N2O3/c1-4-6(2)11(5-8(12)13)9(14)7(3)10/h6-7H,4-5,10H2,1-3H3,(H,12,13)/t6?,7-/m1/s1. The summed E-state index contributed by atoms with van der Waals surface area (Å²) in [6.45, 7) is 4.98. The smallest absolute Gasteiger partial charge is 0.323 e. The van der Waals surface area contributed by atoms with E-state index in [2.05, 4.69) is 0 Å². The van der Waals surface area contributed by atoms with Crippen LogP contribution < -0.4 is 5.73 Å². The van der Waals surface area contributed by atoms with E-state index in [-0.39, 0.29) is 18.5 Å². The van der Waals surface area contributed by atoms with Gasteiger partial charge in [0.25, 0.3) is 0 Å². The highest BCUT2D eigenvalue weighted by Gasteiger charge is 2.23. The molecule has 0 radical (unpaired) electrons. The van der Waals surface area contributed by atoms with Gasteiger partial charge in [-0.25, -0.2) is 0 Å². The lowest BCUT2D eigenvalue weighted by Crippen LogP contribution is -2.48. The monoisotopic (exact) mass is 202 g/mol. The minimum absolute atomic E-state index is 0.0930. The topological polar surface area (TPSA) is 83.6 Å². The van der Waals surface area contributed by atoms with Crippen LogP contribution in [0.4, 0.5) is 0 Å². The minimum atomic E-state index is -1.01. The molecule has 2 atom stereocenters. The second kappa shape index (κ2) is 5.59. The number of rotatable bonds is 5. The summed E-state index contributed by atoms with van der Waals surface area (Å²) in [5, 5.41) is 8.62.